The summed E-state index contributed by atoms with van der Waals surface area (Å²) in [6, 6.07) is 1.00. The molecule has 0 fully saturated rings. The summed E-state index contributed by atoms with van der Waals surface area (Å²) in [5.41, 5.74) is -1.03. The van der Waals surface area contributed by atoms with Gasteiger partial charge < -0.3 is 15.4 Å². The highest BCUT2D eigenvalue weighted by molar-refractivity contribution is 9.10. The third-order valence-corrected chi connectivity index (χ3v) is 5.89. The lowest BCUT2D eigenvalue weighted by Gasteiger charge is -2.34. The lowest BCUT2D eigenvalue weighted by molar-refractivity contribution is -0.153. The van der Waals surface area contributed by atoms with Crippen LogP contribution in [0.4, 0.5) is 13.2 Å². The van der Waals surface area contributed by atoms with Crippen LogP contribution in [0.5, 0.6) is 5.75 Å². The molecule has 0 aliphatic rings. The van der Waals surface area contributed by atoms with Crippen LogP contribution in [0, 0.1) is 0 Å². The molecule has 1 rings (SSSR count). The zero-order valence-corrected chi connectivity index (χ0v) is 20.6. The first kappa shape index (κ1) is 27.9. The molecule has 0 spiro atoms. The van der Waals surface area contributed by atoms with Gasteiger partial charge in [0.05, 0.1) is 15.8 Å². The molecule has 0 aliphatic heterocycles. The van der Waals surface area contributed by atoms with E-state index in [0.717, 1.165) is 18.5 Å². The van der Waals surface area contributed by atoms with Crippen LogP contribution in [-0.4, -0.2) is 55.5 Å². The first-order chi connectivity index (χ1) is 14.5. The van der Waals surface area contributed by atoms with Crippen molar-refractivity contribution in [1.82, 2.24) is 15.6 Å². The second kappa shape index (κ2) is 10.6. The number of halogens is 4. The summed E-state index contributed by atoms with van der Waals surface area (Å²) in [6.07, 6.45) is -2.06. The van der Waals surface area contributed by atoms with Crippen LogP contribution in [0.25, 0.3) is 0 Å². The first-order valence-corrected chi connectivity index (χ1v) is 12.2. The van der Waals surface area contributed by atoms with Gasteiger partial charge in [-0.3, -0.25) is 9.59 Å². The Labute approximate surface area is 193 Å². The maximum Gasteiger partial charge on any atom is 0.422 e. The number of allylic oxidation sites excluding steroid dienone is 1. The quantitative estimate of drug-likeness (QED) is 0.494. The molecule has 1 atom stereocenters. The summed E-state index contributed by atoms with van der Waals surface area (Å²) >= 11 is 3.01. The molecule has 0 radical (unpaired) electrons. The summed E-state index contributed by atoms with van der Waals surface area (Å²) < 4.78 is 66.5. The molecule has 8 nitrogen and oxygen atoms in total. The van der Waals surface area contributed by atoms with Crippen LogP contribution in [0.1, 0.15) is 44.6 Å². The molecule has 180 valence electrons. The van der Waals surface area contributed by atoms with Gasteiger partial charge in [0.25, 0.3) is 5.91 Å². The number of nitrogens with one attached hydrogen (secondary N) is 2. The van der Waals surface area contributed by atoms with E-state index in [1.165, 1.54) is 13.8 Å². The minimum Gasteiger partial charge on any atom is -0.483 e. The van der Waals surface area contributed by atoms with Crippen molar-refractivity contribution < 1.29 is 35.9 Å². The Bertz CT molecular complexity index is 1010. The van der Waals surface area contributed by atoms with Crippen molar-refractivity contribution in [2.45, 2.75) is 45.8 Å². The van der Waals surface area contributed by atoms with Crippen molar-refractivity contribution in [3.63, 3.8) is 0 Å². The zero-order chi connectivity index (χ0) is 24.9. The van der Waals surface area contributed by atoms with Crippen LogP contribution in [0.15, 0.2) is 28.0 Å². The largest absolute Gasteiger partial charge is 0.483 e. The number of pyridine rings is 1. The fourth-order valence-corrected chi connectivity index (χ4v) is 4.49. The Hall–Kier alpha value is -2.15. The standard InChI is InChI=1S/C19H25BrF3N3O5S/c1-6-11(2)16(25-12(3)27)18(4,10-32(5,29)30)26-17(28)14-7-15(13(20)8-24-14)31-9-19(21,22)23/h7-8H,6,9-10H2,1-5H3,(H,25,27)(H,26,28)/b16-11+. The maximum absolute atomic E-state index is 12.9. The number of ether oxygens (including phenoxy) is 1. The SMILES string of the molecule is CC/C(C)=C(/NC(C)=O)C(C)(CS(C)(=O)=O)NC(=O)c1cc(OCC(F)(F)F)c(Br)cn1. The van der Waals surface area contributed by atoms with Gasteiger partial charge in [-0.1, -0.05) is 12.5 Å². The second-order valence-electron chi connectivity index (χ2n) is 7.45. The van der Waals surface area contributed by atoms with Gasteiger partial charge in [0, 0.05) is 31.1 Å². The Morgan fingerprint density at radius 2 is 1.84 bits per heavy atom. The number of carbonyl (C=O) groups is 2. The normalized spacial score (nSPS) is 14.8. The Morgan fingerprint density at radius 1 is 1.25 bits per heavy atom. The zero-order valence-electron chi connectivity index (χ0n) is 18.2. The molecule has 1 unspecified atom stereocenters. The predicted octanol–water partition coefficient (Wildman–Crippen LogP) is 3.14. The number of aromatic nitrogens is 1. The van der Waals surface area contributed by atoms with Gasteiger partial charge in [0.15, 0.2) is 6.61 Å². The number of amides is 2. The van der Waals surface area contributed by atoms with Crippen molar-refractivity contribution in [3.8, 4) is 5.75 Å². The van der Waals surface area contributed by atoms with Crippen molar-refractivity contribution in [1.29, 1.82) is 0 Å². The van der Waals surface area contributed by atoms with Gasteiger partial charge in [-0.2, -0.15) is 13.2 Å². The van der Waals surface area contributed by atoms with E-state index in [0.29, 0.717) is 12.0 Å². The predicted molar refractivity (Wildman–Crippen MR) is 116 cm³/mol. The molecule has 32 heavy (non-hydrogen) atoms. The molecule has 13 heteroatoms. The fraction of sp³-hybridized carbons (Fsp3) is 0.526. The smallest absolute Gasteiger partial charge is 0.422 e. The summed E-state index contributed by atoms with van der Waals surface area (Å²) in [4.78, 5) is 28.5. The number of hydrogen-bond acceptors (Lipinski definition) is 6. The van der Waals surface area contributed by atoms with Crippen LogP contribution in [0.2, 0.25) is 0 Å². The Balaban J connectivity index is 3.39. The lowest BCUT2D eigenvalue weighted by atomic mass is 9.94. The summed E-state index contributed by atoms with van der Waals surface area (Å²) in [7, 11) is -3.65. The van der Waals surface area contributed by atoms with E-state index in [9.17, 15) is 31.2 Å². The molecule has 0 aromatic carbocycles. The van der Waals surface area contributed by atoms with E-state index in [-0.39, 0.29) is 21.6 Å². The fourth-order valence-electron chi connectivity index (χ4n) is 2.89. The van der Waals surface area contributed by atoms with Crippen LogP contribution < -0.4 is 15.4 Å². The van der Waals surface area contributed by atoms with Crippen molar-refractivity contribution in [2.24, 2.45) is 0 Å². The molecule has 2 N–H and O–H groups in total. The Morgan fingerprint density at radius 3 is 2.31 bits per heavy atom. The number of alkyl halides is 3. The van der Waals surface area contributed by atoms with Crippen LogP contribution in [0.3, 0.4) is 0 Å². The Kier molecular flexibility index (Phi) is 9.28. The lowest BCUT2D eigenvalue weighted by Crippen LogP contribution is -2.56. The average molecular weight is 544 g/mol. The minimum atomic E-state index is -4.59. The molecule has 0 saturated heterocycles. The van der Waals surface area contributed by atoms with Crippen molar-refractivity contribution >= 4 is 37.6 Å². The highest BCUT2D eigenvalue weighted by Gasteiger charge is 2.37. The number of carbonyl (C=O) groups excluding carboxylic acids is 2. The molecule has 0 aliphatic carbocycles. The van der Waals surface area contributed by atoms with Crippen molar-refractivity contribution in [3.05, 3.63) is 33.7 Å². The molecule has 2 amide bonds. The molecule has 1 aromatic heterocycles. The van der Waals surface area contributed by atoms with E-state index in [1.807, 2.05) is 0 Å². The monoisotopic (exact) mass is 543 g/mol. The average Bonchev–Trinajstić information content (AvgIpc) is 2.62. The highest BCUT2D eigenvalue weighted by Crippen LogP contribution is 2.28. The number of rotatable bonds is 9. The van der Waals surface area contributed by atoms with Gasteiger partial charge in [0.1, 0.15) is 21.3 Å². The van der Waals surface area contributed by atoms with Gasteiger partial charge in [0.2, 0.25) is 5.91 Å². The molecule has 0 saturated carbocycles. The number of hydrogen-bond donors (Lipinski definition) is 2. The van der Waals surface area contributed by atoms with Gasteiger partial charge in [-0.25, -0.2) is 13.4 Å². The van der Waals surface area contributed by atoms with Crippen LogP contribution >= 0.6 is 15.9 Å². The molecular weight excluding hydrogens is 519 g/mol. The minimum absolute atomic E-state index is 0.0952. The van der Waals surface area contributed by atoms with E-state index in [4.69, 9.17) is 4.74 Å². The molecule has 0 bridgehead atoms. The van der Waals surface area contributed by atoms with Gasteiger partial charge in [-0.15, -0.1) is 0 Å². The highest BCUT2D eigenvalue weighted by atomic mass is 79.9. The van der Waals surface area contributed by atoms with E-state index in [2.05, 4.69) is 31.5 Å². The molecular formula is C19H25BrF3N3O5S. The van der Waals surface area contributed by atoms with Gasteiger partial charge >= 0.3 is 6.18 Å². The van der Waals surface area contributed by atoms with Crippen molar-refractivity contribution in [2.75, 3.05) is 18.6 Å². The summed E-state index contributed by atoms with van der Waals surface area (Å²) in [5.74, 6) is -2.15. The van der Waals surface area contributed by atoms with Gasteiger partial charge in [-0.05, 0) is 36.2 Å². The van der Waals surface area contributed by atoms with Crippen LogP contribution in [-0.2, 0) is 14.6 Å². The third kappa shape index (κ3) is 8.77. The van der Waals surface area contributed by atoms with E-state index < -0.39 is 45.7 Å². The van der Waals surface area contributed by atoms with E-state index in [1.54, 1.807) is 13.8 Å². The topological polar surface area (TPSA) is 114 Å². The third-order valence-electron chi connectivity index (χ3n) is 4.19. The number of nitrogens with zero attached hydrogens (tertiary/aromatic N) is 1. The first-order valence-electron chi connectivity index (χ1n) is 9.30. The molecule has 1 aromatic rings. The summed E-state index contributed by atoms with van der Waals surface area (Å²) in [6.45, 7) is 4.56. The summed E-state index contributed by atoms with van der Waals surface area (Å²) in [5, 5.41) is 5.15. The van der Waals surface area contributed by atoms with E-state index >= 15 is 0 Å². The molecule has 1 heterocycles. The maximum atomic E-state index is 12.9. The number of sulfone groups is 1. The second-order valence-corrected chi connectivity index (χ2v) is 10.4.